The second kappa shape index (κ2) is 8.65. The number of hydrogen-bond acceptors (Lipinski definition) is 2. The van der Waals surface area contributed by atoms with Crippen molar-refractivity contribution in [3.05, 3.63) is 34.3 Å². The highest BCUT2D eigenvalue weighted by atomic mass is 79.9. The van der Waals surface area contributed by atoms with Crippen molar-refractivity contribution in [2.24, 2.45) is 5.73 Å². The second-order valence-corrected chi connectivity index (χ2v) is 6.49. The summed E-state index contributed by atoms with van der Waals surface area (Å²) in [5, 5.41) is 3.03. The average molecular weight is 364 g/mol. The van der Waals surface area contributed by atoms with Gasteiger partial charge < -0.3 is 11.1 Å². The number of carbonyl (C=O) groups excluding carboxylic acids is 1. The fourth-order valence-electron chi connectivity index (χ4n) is 2.03. The molecule has 0 radical (unpaired) electrons. The minimum atomic E-state index is -0.408. The Morgan fingerprint density at radius 3 is 2.40 bits per heavy atom. The van der Waals surface area contributed by atoms with Crippen molar-refractivity contribution >= 4 is 34.2 Å². The van der Waals surface area contributed by atoms with Gasteiger partial charge in [-0.2, -0.15) is 0 Å². The molecule has 1 amide bonds. The lowest BCUT2D eigenvalue weighted by Gasteiger charge is -2.28. The molecule has 0 heterocycles. The van der Waals surface area contributed by atoms with Crippen LogP contribution < -0.4 is 11.1 Å². The lowest BCUT2D eigenvalue weighted by molar-refractivity contribution is -0.124. The monoisotopic (exact) mass is 362 g/mol. The van der Waals surface area contributed by atoms with Gasteiger partial charge in [0.1, 0.15) is 0 Å². The molecule has 0 spiro atoms. The quantitative estimate of drug-likeness (QED) is 0.813. The van der Waals surface area contributed by atoms with Crippen molar-refractivity contribution in [3.63, 3.8) is 0 Å². The normalized spacial score (nSPS) is 12.4. The van der Waals surface area contributed by atoms with Crippen LogP contribution in [0.1, 0.15) is 39.2 Å². The minimum Gasteiger partial charge on any atom is -0.350 e. The van der Waals surface area contributed by atoms with Crippen LogP contribution in [0.5, 0.6) is 0 Å². The number of hydrogen-bond donors (Lipinski definition) is 2. The Bertz CT molecular complexity index is 420. The Labute approximate surface area is 136 Å². The number of halogens is 2. The molecule has 1 unspecified atom stereocenters. The van der Waals surface area contributed by atoms with Crippen LogP contribution in [0.3, 0.4) is 0 Å². The van der Waals surface area contributed by atoms with Gasteiger partial charge in [0.2, 0.25) is 5.91 Å². The van der Waals surface area contributed by atoms with Crippen molar-refractivity contribution in [3.8, 4) is 0 Å². The van der Waals surface area contributed by atoms with Crippen molar-refractivity contribution in [1.29, 1.82) is 0 Å². The van der Waals surface area contributed by atoms with Gasteiger partial charge in [0.05, 0.1) is 6.04 Å². The summed E-state index contributed by atoms with van der Waals surface area (Å²) in [4.78, 5) is 11.9. The smallest absolute Gasteiger partial charge is 0.237 e. The molecule has 0 aromatic heterocycles. The first kappa shape index (κ1) is 19.4. The van der Waals surface area contributed by atoms with E-state index in [4.69, 9.17) is 5.73 Å². The lowest BCUT2D eigenvalue weighted by Crippen LogP contribution is -2.51. The minimum absolute atomic E-state index is 0. The first-order valence-electron chi connectivity index (χ1n) is 6.66. The third-order valence-electron chi connectivity index (χ3n) is 2.96. The van der Waals surface area contributed by atoms with Crippen LogP contribution in [-0.4, -0.2) is 17.5 Å². The van der Waals surface area contributed by atoms with Crippen LogP contribution in [0, 0.1) is 0 Å². The van der Waals surface area contributed by atoms with Gasteiger partial charge in [-0.25, -0.2) is 0 Å². The molecule has 1 atom stereocenters. The molecule has 114 valence electrons. The van der Waals surface area contributed by atoms with Crippen molar-refractivity contribution in [2.45, 2.75) is 51.6 Å². The summed E-state index contributed by atoms with van der Waals surface area (Å²) in [6.07, 6.45) is 2.42. The zero-order valence-corrected chi connectivity index (χ0v) is 14.7. The van der Waals surface area contributed by atoms with E-state index < -0.39 is 6.04 Å². The summed E-state index contributed by atoms with van der Waals surface area (Å²) in [7, 11) is 0. The Kier molecular flexibility index (Phi) is 8.40. The molecule has 3 N–H and O–H groups in total. The summed E-state index contributed by atoms with van der Waals surface area (Å²) in [5.74, 6) is -0.0658. The van der Waals surface area contributed by atoms with Crippen LogP contribution in [0.2, 0.25) is 0 Å². The molecule has 0 aliphatic carbocycles. The van der Waals surface area contributed by atoms with Crippen LogP contribution >= 0.6 is 28.3 Å². The van der Waals surface area contributed by atoms with Crippen molar-refractivity contribution in [2.75, 3.05) is 0 Å². The molecule has 1 aromatic carbocycles. The van der Waals surface area contributed by atoms with E-state index in [1.807, 2.05) is 32.9 Å². The first-order chi connectivity index (χ1) is 8.84. The molecule has 5 heteroatoms. The Hall–Kier alpha value is -0.580. The molecule has 20 heavy (non-hydrogen) atoms. The summed E-state index contributed by atoms with van der Waals surface area (Å²) in [6.45, 7) is 6.07. The highest BCUT2D eigenvalue weighted by molar-refractivity contribution is 9.10. The molecular weight excluding hydrogens is 340 g/mol. The second-order valence-electron chi connectivity index (χ2n) is 5.57. The highest BCUT2D eigenvalue weighted by Gasteiger charge is 2.23. The van der Waals surface area contributed by atoms with Crippen LogP contribution in [0.15, 0.2) is 28.7 Å². The number of nitrogens with two attached hydrogens (primary N) is 1. The number of amides is 1. The van der Waals surface area contributed by atoms with Crippen LogP contribution in [0.4, 0.5) is 0 Å². The van der Waals surface area contributed by atoms with Crippen LogP contribution in [-0.2, 0) is 11.2 Å². The van der Waals surface area contributed by atoms with E-state index in [0.29, 0.717) is 0 Å². The molecule has 1 rings (SSSR count). The van der Waals surface area contributed by atoms with E-state index in [1.165, 1.54) is 5.56 Å². The van der Waals surface area contributed by atoms with E-state index in [-0.39, 0.29) is 23.9 Å². The van der Waals surface area contributed by atoms with Gasteiger partial charge in [-0.15, -0.1) is 12.4 Å². The SMILES string of the molecule is CCCC(N)C(=O)NC(C)(C)Cc1ccc(Br)cc1.Cl. The fourth-order valence-corrected chi connectivity index (χ4v) is 2.29. The zero-order chi connectivity index (χ0) is 14.5. The Balaban J connectivity index is 0.00000361. The van der Waals surface area contributed by atoms with Gasteiger partial charge in [-0.05, 0) is 44.4 Å². The summed E-state index contributed by atoms with van der Waals surface area (Å²) >= 11 is 3.42. The van der Waals surface area contributed by atoms with Gasteiger partial charge in [0.25, 0.3) is 0 Å². The third kappa shape index (κ3) is 6.73. The molecule has 1 aromatic rings. The summed E-state index contributed by atoms with van der Waals surface area (Å²) in [6, 6.07) is 7.73. The highest BCUT2D eigenvalue weighted by Crippen LogP contribution is 2.16. The van der Waals surface area contributed by atoms with Gasteiger partial charge in [-0.3, -0.25) is 4.79 Å². The van der Waals surface area contributed by atoms with E-state index >= 15 is 0 Å². The third-order valence-corrected chi connectivity index (χ3v) is 3.49. The van der Waals surface area contributed by atoms with E-state index in [1.54, 1.807) is 0 Å². The molecule has 3 nitrogen and oxygen atoms in total. The van der Waals surface area contributed by atoms with Gasteiger partial charge in [0, 0.05) is 10.0 Å². The van der Waals surface area contributed by atoms with E-state index in [0.717, 1.165) is 23.7 Å². The predicted molar refractivity (Wildman–Crippen MR) is 90.2 cm³/mol. The largest absolute Gasteiger partial charge is 0.350 e. The van der Waals surface area contributed by atoms with E-state index in [2.05, 4.69) is 33.4 Å². The Morgan fingerprint density at radius 2 is 1.90 bits per heavy atom. The number of rotatable bonds is 6. The standard InChI is InChI=1S/C15H23BrN2O.ClH/c1-4-5-13(17)14(19)18-15(2,3)10-11-6-8-12(16)9-7-11;/h6-9,13H,4-5,10,17H2,1-3H3,(H,18,19);1H. The lowest BCUT2D eigenvalue weighted by atomic mass is 9.94. The van der Waals surface area contributed by atoms with Gasteiger partial charge in [0.15, 0.2) is 0 Å². The number of nitrogens with one attached hydrogen (secondary N) is 1. The average Bonchev–Trinajstić information content (AvgIpc) is 2.31. The Morgan fingerprint density at radius 1 is 1.35 bits per heavy atom. The number of carbonyl (C=O) groups is 1. The molecule has 0 bridgehead atoms. The molecule has 0 fully saturated rings. The topological polar surface area (TPSA) is 55.1 Å². The summed E-state index contributed by atoms with van der Waals surface area (Å²) in [5.41, 5.74) is 6.73. The molecule has 0 aliphatic heterocycles. The summed E-state index contributed by atoms with van der Waals surface area (Å²) < 4.78 is 1.06. The van der Waals surface area contributed by atoms with E-state index in [9.17, 15) is 4.79 Å². The number of benzene rings is 1. The van der Waals surface area contributed by atoms with Gasteiger partial charge in [-0.1, -0.05) is 41.4 Å². The molecular formula is C15H24BrClN2O. The maximum atomic E-state index is 11.9. The fraction of sp³-hybridized carbons (Fsp3) is 0.533. The van der Waals surface area contributed by atoms with Crippen LogP contribution in [0.25, 0.3) is 0 Å². The van der Waals surface area contributed by atoms with Gasteiger partial charge >= 0.3 is 0 Å². The first-order valence-corrected chi connectivity index (χ1v) is 7.45. The van der Waals surface area contributed by atoms with Crippen molar-refractivity contribution in [1.82, 2.24) is 5.32 Å². The maximum absolute atomic E-state index is 11.9. The predicted octanol–water partition coefficient (Wildman–Crippen LogP) is 3.44. The molecule has 0 aliphatic rings. The zero-order valence-electron chi connectivity index (χ0n) is 12.3. The van der Waals surface area contributed by atoms with Crippen molar-refractivity contribution < 1.29 is 4.79 Å². The molecule has 0 saturated heterocycles. The molecule has 0 saturated carbocycles. The maximum Gasteiger partial charge on any atom is 0.237 e.